The lowest BCUT2D eigenvalue weighted by molar-refractivity contribution is -0.0103. The number of hydrogen-bond acceptors (Lipinski definition) is 4. The van der Waals surface area contributed by atoms with Gasteiger partial charge in [0.05, 0.1) is 6.54 Å². The predicted octanol–water partition coefficient (Wildman–Crippen LogP) is 2.10. The minimum atomic E-state index is 0.0391. The number of urea groups is 1. The first-order chi connectivity index (χ1) is 13.6. The van der Waals surface area contributed by atoms with Crippen molar-refractivity contribution in [1.29, 1.82) is 0 Å². The maximum absolute atomic E-state index is 12.5. The Bertz CT molecular complexity index is 679. The highest BCUT2D eigenvalue weighted by atomic mass is 16.5. The number of aryl methyl sites for hydroxylation is 2. The number of carbonyl (C=O) groups excluding carboxylic acids is 1. The summed E-state index contributed by atoms with van der Waals surface area (Å²) in [5, 5.41) is 3.01. The van der Waals surface area contributed by atoms with Crippen molar-refractivity contribution in [3.63, 3.8) is 0 Å². The third-order valence-electron chi connectivity index (χ3n) is 6.82. The van der Waals surface area contributed by atoms with Crippen molar-refractivity contribution in [3.8, 4) is 5.75 Å². The number of piperidine rings is 3. The Labute approximate surface area is 168 Å². The van der Waals surface area contributed by atoms with Crippen LogP contribution < -0.4 is 10.1 Å². The zero-order chi connectivity index (χ0) is 19.5. The number of carbonyl (C=O) groups is 1. The lowest BCUT2D eigenvalue weighted by Crippen LogP contribution is -2.62. The van der Waals surface area contributed by atoms with Gasteiger partial charge < -0.3 is 19.9 Å². The molecule has 1 atom stereocenters. The van der Waals surface area contributed by atoms with E-state index in [0.717, 1.165) is 37.8 Å². The van der Waals surface area contributed by atoms with Crippen LogP contribution in [0.3, 0.4) is 0 Å². The summed E-state index contributed by atoms with van der Waals surface area (Å²) in [6, 6.07) is 6.84. The molecule has 0 aromatic heterocycles. The fourth-order valence-electron chi connectivity index (χ4n) is 4.85. The van der Waals surface area contributed by atoms with E-state index in [-0.39, 0.29) is 6.03 Å². The summed E-state index contributed by atoms with van der Waals surface area (Å²) in [4.78, 5) is 19.6. The molecule has 2 bridgehead atoms. The molecule has 28 heavy (non-hydrogen) atoms. The summed E-state index contributed by atoms with van der Waals surface area (Å²) < 4.78 is 5.76. The molecule has 1 aromatic rings. The SMILES string of the molecule is Cc1ccc(OCCNC(=O)N2CCN([C@H]3CN4CCC3CC4)CC2)cc1C. The number of ether oxygens (including phenoxy) is 1. The van der Waals surface area contributed by atoms with Crippen LogP contribution in [0.15, 0.2) is 18.2 Å². The van der Waals surface area contributed by atoms with Crippen molar-refractivity contribution in [3.05, 3.63) is 29.3 Å². The summed E-state index contributed by atoms with van der Waals surface area (Å²) in [5.41, 5.74) is 2.49. The minimum Gasteiger partial charge on any atom is -0.492 e. The number of benzene rings is 1. The standard InChI is InChI=1S/C22H34N4O2/c1-17-3-4-20(15-18(17)2)28-14-7-23-22(27)26-12-10-25(11-13-26)21-16-24-8-5-19(21)6-9-24/h3-4,15,19,21H,5-14,16H2,1-2H3,(H,23,27)/t21-/m0/s1. The normalized spacial score (nSPS) is 27.6. The molecular formula is C22H34N4O2. The van der Waals surface area contributed by atoms with Crippen molar-refractivity contribution in [2.45, 2.75) is 32.7 Å². The zero-order valence-electron chi connectivity index (χ0n) is 17.3. The third kappa shape index (κ3) is 4.44. The lowest BCUT2D eigenvalue weighted by Gasteiger charge is -2.50. The van der Waals surface area contributed by atoms with Crippen molar-refractivity contribution >= 4 is 6.03 Å². The number of rotatable bonds is 5. The van der Waals surface area contributed by atoms with Gasteiger partial charge in [-0.3, -0.25) is 4.90 Å². The van der Waals surface area contributed by atoms with Crippen LogP contribution in [0.2, 0.25) is 0 Å². The largest absolute Gasteiger partial charge is 0.492 e. The monoisotopic (exact) mass is 386 g/mol. The Morgan fingerprint density at radius 2 is 1.82 bits per heavy atom. The number of nitrogens with one attached hydrogen (secondary N) is 1. The van der Waals surface area contributed by atoms with Crippen molar-refractivity contribution in [2.75, 3.05) is 59.0 Å². The molecule has 4 aliphatic heterocycles. The maximum atomic E-state index is 12.5. The van der Waals surface area contributed by atoms with E-state index in [0.29, 0.717) is 19.2 Å². The summed E-state index contributed by atoms with van der Waals surface area (Å²) in [7, 11) is 0. The second kappa shape index (κ2) is 8.70. The molecule has 4 heterocycles. The van der Waals surface area contributed by atoms with Gasteiger partial charge in [-0.15, -0.1) is 0 Å². The van der Waals surface area contributed by atoms with Gasteiger partial charge in [-0.1, -0.05) is 6.07 Å². The van der Waals surface area contributed by atoms with E-state index >= 15 is 0 Å². The van der Waals surface area contributed by atoms with E-state index in [9.17, 15) is 4.79 Å². The molecule has 0 spiro atoms. The molecule has 6 nitrogen and oxygen atoms in total. The lowest BCUT2D eigenvalue weighted by atomic mass is 9.83. The van der Waals surface area contributed by atoms with Crippen molar-refractivity contribution < 1.29 is 9.53 Å². The Kier molecular flexibility index (Phi) is 6.07. The average molecular weight is 387 g/mol. The highest BCUT2D eigenvalue weighted by molar-refractivity contribution is 5.74. The Balaban J connectivity index is 1.16. The van der Waals surface area contributed by atoms with Gasteiger partial charge in [-0.05, 0) is 69.0 Å². The van der Waals surface area contributed by atoms with Crippen LogP contribution in [0, 0.1) is 19.8 Å². The first-order valence-corrected chi connectivity index (χ1v) is 10.8. The summed E-state index contributed by atoms with van der Waals surface area (Å²) in [6.45, 7) is 12.7. The summed E-state index contributed by atoms with van der Waals surface area (Å²) in [6.07, 6.45) is 2.71. The number of piperazine rings is 1. The number of nitrogens with zero attached hydrogens (tertiary/aromatic N) is 3. The van der Waals surface area contributed by atoms with Gasteiger partial charge in [0.15, 0.2) is 0 Å². The van der Waals surface area contributed by atoms with Gasteiger partial charge in [0.2, 0.25) is 0 Å². The number of fused-ring (bicyclic) bond motifs is 3. The third-order valence-corrected chi connectivity index (χ3v) is 6.82. The van der Waals surface area contributed by atoms with Crippen LogP contribution in [-0.4, -0.2) is 85.7 Å². The maximum Gasteiger partial charge on any atom is 0.317 e. The predicted molar refractivity (Wildman–Crippen MR) is 111 cm³/mol. The van der Waals surface area contributed by atoms with Crippen LogP contribution in [0.1, 0.15) is 24.0 Å². The molecule has 1 N–H and O–H groups in total. The number of hydrogen-bond donors (Lipinski definition) is 1. The highest BCUT2D eigenvalue weighted by Gasteiger charge is 2.38. The summed E-state index contributed by atoms with van der Waals surface area (Å²) >= 11 is 0. The molecule has 0 aliphatic carbocycles. The van der Waals surface area contributed by atoms with Crippen LogP contribution >= 0.6 is 0 Å². The Morgan fingerprint density at radius 1 is 1.07 bits per heavy atom. The van der Waals surface area contributed by atoms with Crippen LogP contribution in [0.4, 0.5) is 4.79 Å². The van der Waals surface area contributed by atoms with Gasteiger partial charge >= 0.3 is 6.03 Å². The Morgan fingerprint density at radius 3 is 2.46 bits per heavy atom. The van der Waals surface area contributed by atoms with Gasteiger partial charge in [0.1, 0.15) is 12.4 Å². The van der Waals surface area contributed by atoms with E-state index in [2.05, 4.69) is 35.0 Å². The summed E-state index contributed by atoms with van der Waals surface area (Å²) in [5.74, 6) is 1.73. The van der Waals surface area contributed by atoms with Gasteiger partial charge in [0, 0.05) is 38.8 Å². The van der Waals surface area contributed by atoms with Crippen molar-refractivity contribution in [1.82, 2.24) is 20.0 Å². The fraction of sp³-hybridized carbons (Fsp3) is 0.682. The van der Waals surface area contributed by atoms with Crippen molar-refractivity contribution in [2.24, 2.45) is 5.92 Å². The van der Waals surface area contributed by atoms with E-state index in [1.54, 1.807) is 0 Å². The first-order valence-electron chi connectivity index (χ1n) is 10.8. The molecule has 0 unspecified atom stereocenters. The fourth-order valence-corrected chi connectivity index (χ4v) is 4.85. The zero-order valence-corrected chi connectivity index (χ0v) is 17.3. The molecule has 4 aliphatic rings. The molecule has 5 rings (SSSR count). The van der Waals surface area contributed by atoms with Gasteiger partial charge in [0.25, 0.3) is 0 Å². The molecule has 0 radical (unpaired) electrons. The molecular weight excluding hydrogens is 352 g/mol. The number of amides is 2. The van der Waals surface area contributed by atoms with Gasteiger partial charge in [-0.2, -0.15) is 0 Å². The highest BCUT2D eigenvalue weighted by Crippen LogP contribution is 2.31. The first kappa shape index (κ1) is 19.5. The molecule has 4 saturated heterocycles. The smallest absolute Gasteiger partial charge is 0.317 e. The van der Waals surface area contributed by atoms with E-state index < -0.39 is 0 Å². The van der Waals surface area contributed by atoms with E-state index in [1.807, 2.05) is 17.0 Å². The quantitative estimate of drug-likeness (QED) is 0.788. The molecule has 2 amide bonds. The van der Waals surface area contributed by atoms with E-state index in [4.69, 9.17) is 4.74 Å². The molecule has 154 valence electrons. The van der Waals surface area contributed by atoms with Crippen LogP contribution in [-0.2, 0) is 0 Å². The molecule has 4 fully saturated rings. The molecule has 6 heteroatoms. The van der Waals surface area contributed by atoms with Crippen LogP contribution in [0.25, 0.3) is 0 Å². The van der Waals surface area contributed by atoms with Crippen LogP contribution in [0.5, 0.6) is 5.75 Å². The Hall–Kier alpha value is -1.79. The minimum absolute atomic E-state index is 0.0391. The second-order valence-electron chi connectivity index (χ2n) is 8.55. The van der Waals surface area contributed by atoms with E-state index in [1.165, 1.54) is 43.6 Å². The second-order valence-corrected chi connectivity index (χ2v) is 8.55. The molecule has 1 aromatic carbocycles. The average Bonchev–Trinajstić information content (AvgIpc) is 2.74. The topological polar surface area (TPSA) is 48.1 Å². The molecule has 0 saturated carbocycles. The van der Waals surface area contributed by atoms with Gasteiger partial charge in [-0.25, -0.2) is 4.79 Å².